The standard InChI is InChI=1S/C34H42N4O3.2ClH/c1-35(2)21-9-25-41-31-16-14-30(15-17-31)26-36-23-19-34(20-24-36)32(39)37(27-29-12-7-4-8-13-29)33(40)38(34)22-18-28-10-5-3-6-11-28;;/h3-8,10-17H,9,18-27H2,1-2H3;2*1H. The van der Waals surface area contributed by atoms with Gasteiger partial charge >= 0.3 is 6.03 Å². The molecule has 2 heterocycles. The Morgan fingerprint density at radius 2 is 1.35 bits per heavy atom. The maximum absolute atomic E-state index is 14.0. The third-order valence-corrected chi connectivity index (χ3v) is 8.30. The Kier molecular flexibility index (Phi) is 12.9. The minimum absolute atomic E-state index is 0. The van der Waals surface area contributed by atoms with E-state index in [1.54, 1.807) is 0 Å². The third-order valence-electron chi connectivity index (χ3n) is 8.30. The lowest BCUT2D eigenvalue weighted by Crippen LogP contribution is -2.56. The van der Waals surface area contributed by atoms with Gasteiger partial charge in [0.15, 0.2) is 0 Å². The Morgan fingerprint density at radius 3 is 1.95 bits per heavy atom. The second-order valence-corrected chi connectivity index (χ2v) is 11.5. The van der Waals surface area contributed by atoms with Gasteiger partial charge in [-0.25, -0.2) is 4.79 Å². The predicted molar refractivity (Wildman–Crippen MR) is 176 cm³/mol. The molecule has 3 aromatic rings. The topological polar surface area (TPSA) is 56.3 Å². The summed E-state index contributed by atoms with van der Waals surface area (Å²) < 4.78 is 5.89. The van der Waals surface area contributed by atoms with Crippen molar-refractivity contribution in [2.24, 2.45) is 0 Å². The number of urea groups is 1. The molecule has 3 amide bonds. The second kappa shape index (κ2) is 16.1. The quantitative estimate of drug-likeness (QED) is 0.185. The van der Waals surface area contributed by atoms with Crippen LogP contribution in [-0.4, -0.2) is 84.0 Å². The molecule has 2 aliphatic heterocycles. The van der Waals surface area contributed by atoms with E-state index in [0.29, 0.717) is 32.5 Å². The summed E-state index contributed by atoms with van der Waals surface area (Å²) in [5, 5.41) is 0. The maximum atomic E-state index is 14.0. The maximum Gasteiger partial charge on any atom is 0.328 e. The minimum atomic E-state index is -0.776. The molecule has 0 unspecified atom stereocenters. The average molecular weight is 628 g/mol. The molecule has 0 radical (unpaired) electrons. The van der Waals surface area contributed by atoms with Gasteiger partial charge in [0.05, 0.1) is 13.2 Å². The van der Waals surface area contributed by atoms with E-state index >= 15 is 0 Å². The first kappa shape index (κ1) is 34.4. The predicted octanol–water partition coefficient (Wildman–Crippen LogP) is 5.90. The number of halogens is 2. The molecule has 2 saturated heterocycles. The number of nitrogens with zero attached hydrogens (tertiary/aromatic N) is 4. The zero-order chi connectivity index (χ0) is 28.7. The van der Waals surface area contributed by atoms with Crippen LogP contribution in [-0.2, 0) is 24.3 Å². The van der Waals surface area contributed by atoms with Crippen LogP contribution in [0.3, 0.4) is 0 Å². The Morgan fingerprint density at radius 1 is 0.767 bits per heavy atom. The van der Waals surface area contributed by atoms with Crippen molar-refractivity contribution < 1.29 is 14.3 Å². The molecule has 1 spiro atoms. The Bertz CT molecular complexity index is 1280. The lowest BCUT2D eigenvalue weighted by Gasteiger charge is -2.42. The fraction of sp³-hybridized carbons (Fsp3) is 0.412. The number of imide groups is 1. The summed E-state index contributed by atoms with van der Waals surface area (Å²) in [7, 11) is 4.14. The SMILES string of the molecule is CN(C)CCCOc1ccc(CN2CCC3(CC2)C(=O)N(Cc2ccccc2)C(=O)N3CCc2ccccc2)cc1.Cl.Cl. The molecule has 9 heteroatoms. The molecule has 43 heavy (non-hydrogen) atoms. The highest BCUT2D eigenvalue weighted by Gasteiger charge is 2.57. The summed E-state index contributed by atoms with van der Waals surface area (Å²) in [6, 6.07) is 28.2. The van der Waals surface area contributed by atoms with Crippen LogP contribution >= 0.6 is 24.8 Å². The number of ether oxygens (including phenoxy) is 1. The second-order valence-electron chi connectivity index (χ2n) is 11.5. The van der Waals surface area contributed by atoms with E-state index in [9.17, 15) is 9.59 Å². The van der Waals surface area contributed by atoms with E-state index in [1.165, 1.54) is 16.0 Å². The first-order chi connectivity index (χ1) is 19.9. The van der Waals surface area contributed by atoms with E-state index in [1.807, 2.05) is 65.6 Å². The summed E-state index contributed by atoms with van der Waals surface area (Å²) in [5.74, 6) is 0.850. The molecule has 5 rings (SSSR count). The van der Waals surface area contributed by atoms with Crippen molar-refractivity contribution in [3.63, 3.8) is 0 Å². The highest BCUT2D eigenvalue weighted by atomic mass is 35.5. The van der Waals surface area contributed by atoms with Crippen molar-refractivity contribution in [3.05, 3.63) is 102 Å². The molecule has 0 aromatic heterocycles. The van der Waals surface area contributed by atoms with Gasteiger partial charge in [-0.15, -0.1) is 24.8 Å². The first-order valence-corrected chi connectivity index (χ1v) is 14.7. The molecule has 0 N–H and O–H groups in total. The van der Waals surface area contributed by atoms with Gasteiger partial charge in [-0.2, -0.15) is 0 Å². The van der Waals surface area contributed by atoms with Crippen molar-refractivity contribution in [2.45, 2.75) is 44.3 Å². The first-order valence-electron chi connectivity index (χ1n) is 14.7. The Labute approximate surface area is 268 Å². The van der Waals surface area contributed by atoms with Crippen molar-refractivity contribution in [2.75, 3.05) is 46.9 Å². The summed E-state index contributed by atoms with van der Waals surface area (Å²) in [6.07, 6.45) is 3.01. The molecule has 2 fully saturated rings. The molecule has 0 atom stereocenters. The van der Waals surface area contributed by atoms with Gasteiger partial charge in [0, 0.05) is 32.7 Å². The monoisotopic (exact) mass is 626 g/mol. The average Bonchev–Trinajstić information content (AvgIpc) is 3.18. The molecule has 3 aromatic carbocycles. The zero-order valence-electron chi connectivity index (χ0n) is 25.2. The van der Waals surface area contributed by atoms with Crippen molar-refractivity contribution in [1.82, 2.24) is 19.6 Å². The summed E-state index contributed by atoms with van der Waals surface area (Å²) in [6.45, 7) is 4.92. The number of rotatable bonds is 12. The summed E-state index contributed by atoms with van der Waals surface area (Å²) in [4.78, 5) is 35.7. The third kappa shape index (κ3) is 8.51. The molecule has 7 nitrogen and oxygen atoms in total. The van der Waals surface area contributed by atoms with Gasteiger partial charge in [0.25, 0.3) is 5.91 Å². The normalized spacial score (nSPS) is 16.3. The fourth-order valence-corrected chi connectivity index (χ4v) is 5.97. The van der Waals surface area contributed by atoms with Gasteiger partial charge in [-0.3, -0.25) is 14.6 Å². The van der Waals surface area contributed by atoms with E-state index in [-0.39, 0.29) is 36.8 Å². The molecule has 0 aliphatic carbocycles. The van der Waals surface area contributed by atoms with Crippen LogP contribution < -0.4 is 4.74 Å². The molecular weight excluding hydrogens is 583 g/mol. The number of carbonyl (C=O) groups is 2. The van der Waals surface area contributed by atoms with Crippen molar-refractivity contribution in [3.8, 4) is 5.75 Å². The van der Waals surface area contributed by atoms with E-state index in [4.69, 9.17) is 4.74 Å². The van der Waals surface area contributed by atoms with Gasteiger partial charge in [-0.05, 0) is 68.6 Å². The van der Waals surface area contributed by atoms with Crippen LogP contribution in [0.5, 0.6) is 5.75 Å². The number of hydrogen-bond acceptors (Lipinski definition) is 5. The summed E-state index contributed by atoms with van der Waals surface area (Å²) in [5.41, 5.74) is 2.59. The van der Waals surface area contributed by atoms with Crippen LogP contribution in [0.1, 0.15) is 36.0 Å². The van der Waals surface area contributed by atoms with Gasteiger partial charge in [-0.1, -0.05) is 72.8 Å². The largest absolute Gasteiger partial charge is 0.494 e. The lowest BCUT2D eigenvalue weighted by atomic mass is 9.85. The van der Waals surface area contributed by atoms with Gasteiger partial charge in [0.2, 0.25) is 0 Å². The number of piperidine rings is 1. The lowest BCUT2D eigenvalue weighted by molar-refractivity contribution is -0.136. The zero-order valence-corrected chi connectivity index (χ0v) is 26.8. The van der Waals surface area contributed by atoms with Crippen molar-refractivity contribution >= 4 is 36.8 Å². The molecular formula is C34H44Cl2N4O3. The number of likely N-dealkylation sites (tertiary alicyclic amines) is 1. The molecule has 0 saturated carbocycles. The molecule has 0 bridgehead atoms. The van der Waals surface area contributed by atoms with E-state index in [2.05, 4.69) is 48.2 Å². The van der Waals surface area contributed by atoms with Crippen LogP contribution in [0.2, 0.25) is 0 Å². The highest BCUT2D eigenvalue weighted by molar-refractivity contribution is 6.07. The number of benzene rings is 3. The molecule has 232 valence electrons. The Balaban J connectivity index is 0.00000253. The van der Waals surface area contributed by atoms with Crippen molar-refractivity contribution in [1.29, 1.82) is 0 Å². The van der Waals surface area contributed by atoms with Crippen LogP contribution in [0, 0.1) is 0 Å². The van der Waals surface area contributed by atoms with Crippen LogP contribution in [0.25, 0.3) is 0 Å². The van der Waals surface area contributed by atoms with Crippen LogP contribution in [0.4, 0.5) is 4.79 Å². The van der Waals surface area contributed by atoms with Gasteiger partial charge in [0.1, 0.15) is 11.3 Å². The Hall–Kier alpha value is -3.10. The summed E-state index contributed by atoms with van der Waals surface area (Å²) >= 11 is 0. The van der Waals surface area contributed by atoms with E-state index < -0.39 is 5.54 Å². The number of carbonyl (C=O) groups excluding carboxylic acids is 2. The number of amides is 3. The van der Waals surface area contributed by atoms with Crippen LogP contribution in [0.15, 0.2) is 84.9 Å². The van der Waals surface area contributed by atoms with Gasteiger partial charge < -0.3 is 14.5 Å². The number of hydrogen-bond donors (Lipinski definition) is 0. The highest BCUT2D eigenvalue weighted by Crippen LogP contribution is 2.38. The van der Waals surface area contributed by atoms with E-state index in [0.717, 1.165) is 50.3 Å². The fourth-order valence-electron chi connectivity index (χ4n) is 5.97. The smallest absolute Gasteiger partial charge is 0.328 e. The minimum Gasteiger partial charge on any atom is -0.494 e. The molecule has 2 aliphatic rings.